The van der Waals surface area contributed by atoms with Gasteiger partial charge in [-0.3, -0.25) is 10.1 Å². The highest BCUT2D eigenvalue weighted by Gasteiger charge is 2.11. The number of hydrogen-bond acceptors (Lipinski definition) is 3. The smallest absolute Gasteiger partial charge is 0.257 e. The molecule has 1 amide bonds. The summed E-state index contributed by atoms with van der Waals surface area (Å²) < 4.78 is 0.895. The molecule has 1 unspecified atom stereocenters. The van der Waals surface area contributed by atoms with Crippen molar-refractivity contribution in [1.82, 2.24) is 5.32 Å². The summed E-state index contributed by atoms with van der Waals surface area (Å²) in [4.78, 5) is 12.1. The fourth-order valence-corrected chi connectivity index (χ4v) is 2.59. The van der Waals surface area contributed by atoms with Gasteiger partial charge in [-0.25, -0.2) is 0 Å². The minimum absolute atomic E-state index is 0.0855. The lowest BCUT2D eigenvalue weighted by atomic mass is 9.98. The summed E-state index contributed by atoms with van der Waals surface area (Å²) in [5.41, 5.74) is 2.08. The Bertz CT molecular complexity index is 747. The molecular weight excluding hydrogens is 388 g/mol. The van der Waals surface area contributed by atoms with Crippen LogP contribution in [0.15, 0.2) is 46.9 Å². The van der Waals surface area contributed by atoms with E-state index in [0.29, 0.717) is 17.2 Å². The quantitative estimate of drug-likeness (QED) is 0.504. The van der Waals surface area contributed by atoms with Crippen molar-refractivity contribution in [3.63, 3.8) is 0 Å². The van der Waals surface area contributed by atoms with Gasteiger partial charge in [0.25, 0.3) is 5.91 Å². The van der Waals surface area contributed by atoms with E-state index in [0.717, 1.165) is 16.5 Å². The van der Waals surface area contributed by atoms with Crippen LogP contribution in [0, 0.1) is 0 Å². The Hall–Kier alpha value is -1.92. The lowest BCUT2D eigenvalue weighted by Crippen LogP contribution is -2.34. The first kappa shape index (κ1) is 18.4. The maximum absolute atomic E-state index is 12.1. The van der Waals surface area contributed by atoms with Gasteiger partial charge >= 0.3 is 0 Å². The second kappa shape index (κ2) is 8.26. The number of thiocarbonyl (C=S) groups is 1. The Balaban J connectivity index is 2.06. The van der Waals surface area contributed by atoms with Gasteiger partial charge in [0.1, 0.15) is 5.75 Å². The average Bonchev–Trinajstić information content (AvgIpc) is 2.56. The highest BCUT2D eigenvalue weighted by molar-refractivity contribution is 9.10. The molecule has 0 spiro atoms. The van der Waals surface area contributed by atoms with Crippen molar-refractivity contribution < 1.29 is 9.90 Å². The Morgan fingerprint density at radius 1 is 1.25 bits per heavy atom. The van der Waals surface area contributed by atoms with E-state index < -0.39 is 0 Å². The molecule has 1 atom stereocenters. The maximum atomic E-state index is 12.1. The number of carbonyl (C=O) groups excluding carboxylic acids is 1. The molecule has 6 heteroatoms. The number of amides is 1. The number of rotatable bonds is 4. The zero-order chi connectivity index (χ0) is 17.7. The summed E-state index contributed by atoms with van der Waals surface area (Å²) >= 11 is 8.50. The van der Waals surface area contributed by atoms with Gasteiger partial charge in [0.2, 0.25) is 0 Å². The van der Waals surface area contributed by atoms with Crippen LogP contribution in [0.25, 0.3) is 0 Å². The van der Waals surface area contributed by atoms with Gasteiger partial charge in [0.15, 0.2) is 5.11 Å². The van der Waals surface area contributed by atoms with Crippen molar-refractivity contribution in [3.05, 3.63) is 58.1 Å². The number of hydrogen-bond donors (Lipinski definition) is 3. The first-order valence-electron chi connectivity index (χ1n) is 7.61. The second-order valence-corrected chi connectivity index (χ2v) is 6.82. The van der Waals surface area contributed by atoms with E-state index >= 15 is 0 Å². The molecule has 2 aromatic rings. The van der Waals surface area contributed by atoms with Crippen molar-refractivity contribution in [3.8, 4) is 5.75 Å². The monoisotopic (exact) mass is 406 g/mol. The summed E-state index contributed by atoms with van der Waals surface area (Å²) in [5.74, 6) is 0.150. The molecule has 0 radical (unpaired) electrons. The minimum Gasteiger partial charge on any atom is -0.506 e. The fraction of sp³-hybridized carbons (Fsp3) is 0.222. The molecule has 0 saturated carbocycles. The van der Waals surface area contributed by atoms with Crippen LogP contribution in [-0.2, 0) is 0 Å². The van der Waals surface area contributed by atoms with E-state index in [1.807, 2.05) is 12.1 Å². The number of carbonyl (C=O) groups is 1. The molecule has 0 aliphatic heterocycles. The average molecular weight is 407 g/mol. The summed E-state index contributed by atoms with van der Waals surface area (Å²) in [6.45, 7) is 4.22. The summed E-state index contributed by atoms with van der Waals surface area (Å²) in [5, 5.41) is 15.6. The standard InChI is InChI=1S/C18H19BrN2O2S/c1-3-11(2)13-6-9-16(22)15(10-13)20-18(24)21-17(23)12-4-7-14(19)8-5-12/h4-11,22H,3H2,1-2H3,(H2,20,21,23,24). The Kier molecular flexibility index (Phi) is 6.34. The zero-order valence-corrected chi connectivity index (χ0v) is 15.9. The van der Waals surface area contributed by atoms with E-state index in [4.69, 9.17) is 12.2 Å². The number of phenolic OH excluding ortho intramolecular Hbond substituents is 1. The third-order valence-corrected chi connectivity index (χ3v) is 4.52. The third kappa shape index (κ3) is 4.79. The number of anilines is 1. The molecule has 3 N–H and O–H groups in total. The topological polar surface area (TPSA) is 61.4 Å². The Morgan fingerprint density at radius 2 is 1.92 bits per heavy atom. The Labute approximate surface area is 155 Å². The van der Waals surface area contributed by atoms with E-state index in [2.05, 4.69) is 40.4 Å². The molecule has 0 saturated heterocycles. The predicted octanol–water partition coefficient (Wildman–Crippen LogP) is 4.80. The molecule has 0 bridgehead atoms. The number of nitrogens with one attached hydrogen (secondary N) is 2. The van der Waals surface area contributed by atoms with Gasteiger partial charge in [0.05, 0.1) is 5.69 Å². The molecule has 24 heavy (non-hydrogen) atoms. The van der Waals surface area contributed by atoms with Gasteiger partial charge in [0, 0.05) is 10.0 Å². The van der Waals surface area contributed by atoms with E-state index in [9.17, 15) is 9.90 Å². The van der Waals surface area contributed by atoms with Gasteiger partial charge in [-0.1, -0.05) is 35.8 Å². The van der Waals surface area contributed by atoms with Crippen LogP contribution in [-0.4, -0.2) is 16.1 Å². The van der Waals surface area contributed by atoms with Crippen molar-refractivity contribution in [2.75, 3.05) is 5.32 Å². The number of halogens is 1. The molecule has 0 aliphatic carbocycles. The van der Waals surface area contributed by atoms with Crippen LogP contribution in [0.3, 0.4) is 0 Å². The van der Waals surface area contributed by atoms with E-state index in [1.54, 1.807) is 30.3 Å². The lowest BCUT2D eigenvalue weighted by molar-refractivity contribution is 0.0977. The molecule has 0 aromatic heterocycles. The maximum Gasteiger partial charge on any atom is 0.257 e. The second-order valence-electron chi connectivity index (χ2n) is 5.50. The highest BCUT2D eigenvalue weighted by Crippen LogP contribution is 2.29. The van der Waals surface area contributed by atoms with Gasteiger partial charge in [-0.2, -0.15) is 0 Å². The molecule has 0 aliphatic rings. The summed E-state index contributed by atoms with van der Waals surface area (Å²) in [6, 6.07) is 12.3. The van der Waals surface area contributed by atoms with Gasteiger partial charge in [-0.15, -0.1) is 0 Å². The van der Waals surface area contributed by atoms with Crippen LogP contribution in [0.4, 0.5) is 5.69 Å². The van der Waals surface area contributed by atoms with Crippen molar-refractivity contribution in [1.29, 1.82) is 0 Å². The zero-order valence-electron chi connectivity index (χ0n) is 13.5. The summed E-state index contributed by atoms with van der Waals surface area (Å²) in [7, 11) is 0. The number of aromatic hydroxyl groups is 1. The SMILES string of the molecule is CCC(C)c1ccc(O)c(NC(=S)NC(=O)c2ccc(Br)cc2)c1. The first-order valence-corrected chi connectivity index (χ1v) is 8.81. The molecule has 4 nitrogen and oxygen atoms in total. The molecule has 2 rings (SSSR count). The molecule has 2 aromatic carbocycles. The molecule has 126 valence electrons. The van der Waals surface area contributed by atoms with Crippen LogP contribution < -0.4 is 10.6 Å². The van der Waals surface area contributed by atoms with Crippen LogP contribution >= 0.6 is 28.1 Å². The normalized spacial score (nSPS) is 11.6. The molecular formula is C18H19BrN2O2S. The first-order chi connectivity index (χ1) is 11.4. The van der Waals surface area contributed by atoms with Crippen LogP contribution in [0.1, 0.15) is 42.1 Å². The van der Waals surface area contributed by atoms with Crippen LogP contribution in [0.2, 0.25) is 0 Å². The largest absolute Gasteiger partial charge is 0.506 e. The van der Waals surface area contributed by atoms with Crippen molar-refractivity contribution in [2.45, 2.75) is 26.2 Å². The summed E-state index contributed by atoms with van der Waals surface area (Å²) in [6.07, 6.45) is 0.995. The van der Waals surface area contributed by atoms with Gasteiger partial charge < -0.3 is 10.4 Å². The third-order valence-electron chi connectivity index (χ3n) is 3.78. The van der Waals surface area contributed by atoms with E-state index in [-0.39, 0.29) is 16.8 Å². The fourth-order valence-electron chi connectivity index (χ4n) is 2.13. The van der Waals surface area contributed by atoms with Crippen LogP contribution in [0.5, 0.6) is 5.75 Å². The van der Waals surface area contributed by atoms with E-state index in [1.165, 1.54) is 0 Å². The minimum atomic E-state index is -0.308. The molecule has 0 heterocycles. The predicted molar refractivity (Wildman–Crippen MR) is 105 cm³/mol. The molecule has 0 fully saturated rings. The van der Waals surface area contributed by atoms with Crippen molar-refractivity contribution in [2.24, 2.45) is 0 Å². The van der Waals surface area contributed by atoms with Crippen molar-refractivity contribution >= 4 is 44.9 Å². The van der Waals surface area contributed by atoms with Gasteiger partial charge in [-0.05, 0) is 66.5 Å². The number of phenols is 1. The lowest BCUT2D eigenvalue weighted by Gasteiger charge is -2.14. The Morgan fingerprint density at radius 3 is 2.54 bits per heavy atom. The highest BCUT2D eigenvalue weighted by atomic mass is 79.9. The number of benzene rings is 2.